The maximum atomic E-state index is 5.43. The van der Waals surface area contributed by atoms with Gasteiger partial charge in [-0.3, -0.25) is 4.57 Å². The minimum absolute atomic E-state index is 0.147. The van der Waals surface area contributed by atoms with E-state index in [4.69, 9.17) is 14.6 Å². The SMILES string of the molecule is COc1ccc(/C=N/OCc2nc3c4c(C)c(C)n(-c5cc(C)ccn5)c4ncn3n2)cc1. The molecule has 0 saturated carbocycles. The molecule has 0 atom stereocenters. The molecule has 9 heteroatoms. The molecule has 9 nitrogen and oxygen atoms in total. The number of oxime groups is 1. The van der Waals surface area contributed by atoms with Gasteiger partial charge in [0.1, 0.15) is 17.9 Å². The van der Waals surface area contributed by atoms with E-state index in [0.29, 0.717) is 5.82 Å². The van der Waals surface area contributed by atoms with Crippen molar-refractivity contribution >= 4 is 22.9 Å². The van der Waals surface area contributed by atoms with Crippen molar-refractivity contribution in [1.29, 1.82) is 0 Å². The number of methoxy groups -OCH3 is 1. The monoisotopic (exact) mass is 441 g/mol. The van der Waals surface area contributed by atoms with E-state index in [1.165, 1.54) is 0 Å². The third kappa shape index (κ3) is 3.78. The van der Waals surface area contributed by atoms with Crippen LogP contribution >= 0.6 is 0 Å². The molecular weight excluding hydrogens is 418 g/mol. The van der Waals surface area contributed by atoms with Crippen LogP contribution in [0, 0.1) is 20.8 Å². The zero-order valence-electron chi connectivity index (χ0n) is 18.9. The molecule has 5 aromatic rings. The lowest BCUT2D eigenvalue weighted by molar-refractivity contribution is 0.126. The lowest BCUT2D eigenvalue weighted by atomic mass is 10.2. The Balaban J connectivity index is 1.43. The quantitative estimate of drug-likeness (QED) is 0.293. The minimum atomic E-state index is 0.147. The number of aromatic nitrogens is 6. The average molecular weight is 441 g/mol. The van der Waals surface area contributed by atoms with E-state index in [-0.39, 0.29) is 6.61 Å². The fraction of sp³-hybridized carbons (Fsp3) is 0.208. The average Bonchev–Trinajstić information content (AvgIpc) is 3.35. The van der Waals surface area contributed by atoms with Crippen LogP contribution in [0.25, 0.3) is 22.5 Å². The van der Waals surface area contributed by atoms with Crippen LogP contribution in [0.1, 0.15) is 28.2 Å². The Labute approximate surface area is 190 Å². The highest BCUT2D eigenvalue weighted by Crippen LogP contribution is 2.29. The Morgan fingerprint density at radius 1 is 1.03 bits per heavy atom. The van der Waals surface area contributed by atoms with Crippen molar-refractivity contribution in [2.45, 2.75) is 27.4 Å². The molecule has 4 heterocycles. The molecule has 0 aliphatic heterocycles. The van der Waals surface area contributed by atoms with Crippen LogP contribution < -0.4 is 4.74 Å². The fourth-order valence-corrected chi connectivity index (χ4v) is 3.77. The molecule has 0 aliphatic carbocycles. The van der Waals surface area contributed by atoms with Gasteiger partial charge in [-0.05, 0) is 73.9 Å². The summed E-state index contributed by atoms with van der Waals surface area (Å²) in [6.45, 7) is 6.32. The third-order valence-corrected chi connectivity index (χ3v) is 5.59. The van der Waals surface area contributed by atoms with Crippen LogP contribution in [-0.2, 0) is 11.4 Å². The van der Waals surface area contributed by atoms with E-state index < -0.39 is 0 Å². The van der Waals surface area contributed by atoms with Gasteiger partial charge in [-0.1, -0.05) is 5.16 Å². The second-order valence-electron chi connectivity index (χ2n) is 7.76. The third-order valence-electron chi connectivity index (χ3n) is 5.59. The number of ether oxygens (including phenoxy) is 1. The van der Waals surface area contributed by atoms with Crippen LogP contribution in [0.4, 0.5) is 0 Å². The van der Waals surface area contributed by atoms with Gasteiger partial charge in [0, 0.05) is 11.9 Å². The summed E-state index contributed by atoms with van der Waals surface area (Å²) in [5.74, 6) is 2.15. The molecule has 33 heavy (non-hydrogen) atoms. The maximum Gasteiger partial charge on any atom is 0.192 e. The molecule has 1 aromatic carbocycles. The van der Waals surface area contributed by atoms with Gasteiger partial charge >= 0.3 is 0 Å². The van der Waals surface area contributed by atoms with Crippen molar-refractivity contribution in [2.24, 2.45) is 5.16 Å². The summed E-state index contributed by atoms with van der Waals surface area (Å²) in [6, 6.07) is 11.6. The van der Waals surface area contributed by atoms with E-state index in [2.05, 4.69) is 38.6 Å². The molecule has 0 N–H and O–H groups in total. The van der Waals surface area contributed by atoms with Gasteiger partial charge in [0.15, 0.2) is 23.7 Å². The molecule has 4 aromatic heterocycles. The number of hydrogen-bond acceptors (Lipinski definition) is 7. The Kier molecular flexibility index (Phi) is 5.21. The second-order valence-corrected chi connectivity index (χ2v) is 7.76. The lowest BCUT2D eigenvalue weighted by Crippen LogP contribution is -2.01. The molecule has 0 bridgehead atoms. The molecule has 5 rings (SSSR count). The number of benzene rings is 1. The number of hydrogen-bond donors (Lipinski definition) is 0. The van der Waals surface area contributed by atoms with E-state index in [1.54, 1.807) is 24.2 Å². The van der Waals surface area contributed by atoms with Gasteiger partial charge in [0.25, 0.3) is 0 Å². The lowest BCUT2D eigenvalue weighted by Gasteiger charge is -2.07. The van der Waals surface area contributed by atoms with E-state index in [0.717, 1.165) is 50.6 Å². The van der Waals surface area contributed by atoms with Gasteiger partial charge in [0.05, 0.1) is 18.7 Å². The van der Waals surface area contributed by atoms with Crippen molar-refractivity contribution in [3.63, 3.8) is 0 Å². The van der Waals surface area contributed by atoms with Crippen molar-refractivity contribution in [3.8, 4) is 11.6 Å². The number of rotatable bonds is 6. The predicted octanol–water partition coefficient (Wildman–Crippen LogP) is 3.95. The molecule has 0 unspecified atom stereocenters. The highest BCUT2D eigenvalue weighted by molar-refractivity contribution is 5.94. The molecule has 166 valence electrons. The summed E-state index contributed by atoms with van der Waals surface area (Å²) in [6.07, 6.45) is 5.11. The van der Waals surface area contributed by atoms with Crippen LogP contribution in [-0.4, -0.2) is 42.5 Å². The van der Waals surface area contributed by atoms with Gasteiger partial charge in [-0.25, -0.2) is 19.5 Å². The van der Waals surface area contributed by atoms with Crippen molar-refractivity contribution in [3.05, 3.63) is 77.1 Å². The number of pyridine rings is 1. The van der Waals surface area contributed by atoms with Gasteiger partial charge in [0.2, 0.25) is 0 Å². The van der Waals surface area contributed by atoms with E-state index >= 15 is 0 Å². The summed E-state index contributed by atoms with van der Waals surface area (Å²) >= 11 is 0. The first-order valence-corrected chi connectivity index (χ1v) is 10.5. The Hall–Kier alpha value is -4.27. The first-order chi connectivity index (χ1) is 16.0. The smallest absolute Gasteiger partial charge is 0.192 e. The topological polar surface area (TPSA) is 91.7 Å². The van der Waals surface area contributed by atoms with Crippen molar-refractivity contribution in [2.75, 3.05) is 7.11 Å². The summed E-state index contributed by atoms with van der Waals surface area (Å²) in [4.78, 5) is 19.3. The van der Waals surface area contributed by atoms with E-state index in [9.17, 15) is 0 Å². The zero-order valence-corrected chi connectivity index (χ0v) is 18.9. The van der Waals surface area contributed by atoms with Crippen LogP contribution in [0.3, 0.4) is 0 Å². The molecule has 0 radical (unpaired) electrons. The Morgan fingerprint density at radius 3 is 2.61 bits per heavy atom. The van der Waals surface area contributed by atoms with Gasteiger partial charge < -0.3 is 9.57 Å². The minimum Gasteiger partial charge on any atom is -0.497 e. The van der Waals surface area contributed by atoms with Gasteiger partial charge in [-0.2, -0.15) is 0 Å². The van der Waals surface area contributed by atoms with Crippen LogP contribution in [0.5, 0.6) is 5.75 Å². The summed E-state index contributed by atoms with van der Waals surface area (Å²) < 4.78 is 8.89. The second kappa shape index (κ2) is 8.34. The molecule has 0 fully saturated rings. The first-order valence-electron chi connectivity index (χ1n) is 10.5. The van der Waals surface area contributed by atoms with Gasteiger partial charge in [-0.15, -0.1) is 5.10 Å². The van der Waals surface area contributed by atoms with E-state index in [1.807, 2.05) is 49.5 Å². The molecular formula is C24H23N7O2. The highest BCUT2D eigenvalue weighted by atomic mass is 16.6. The Morgan fingerprint density at radius 2 is 1.85 bits per heavy atom. The number of aryl methyl sites for hydroxylation is 2. The molecule has 0 saturated heterocycles. The first kappa shape index (κ1) is 20.6. The molecule has 0 amide bonds. The molecule has 0 spiro atoms. The van der Waals surface area contributed by atoms with Crippen LogP contribution in [0.15, 0.2) is 54.1 Å². The number of nitrogens with zero attached hydrogens (tertiary/aromatic N) is 7. The van der Waals surface area contributed by atoms with Crippen LogP contribution in [0.2, 0.25) is 0 Å². The summed E-state index contributed by atoms with van der Waals surface area (Å²) in [5, 5.41) is 9.47. The van der Waals surface area contributed by atoms with Crippen molar-refractivity contribution < 1.29 is 9.57 Å². The number of fused-ring (bicyclic) bond motifs is 3. The maximum absolute atomic E-state index is 5.43. The Bertz CT molecular complexity index is 1480. The zero-order chi connectivity index (χ0) is 22.9. The largest absolute Gasteiger partial charge is 0.497 e. The fourth-order valence-electron chi connectivity index (χ4n) is 3.77. The molecule has 0 aliphatic rings. The standard InChI is InChI=1S/C24H23N7O2/c1-15-9-10-25-21(11-15)31-17(3)16(2)22-23(31)26-14-30-24(22)28-20(29-30)13-33-27-12-18-5-7-19(32-4)8-6-18/h5-12,14H,13H2,1-4H3/b27-12+. The highest BCUT2D eigenvalue weighted by Gasteiger charge is 2.19. The van der Waals surface area contributed by atoms with Crippen molar-refractivity contribution in [1.82, 2.24) is 29.1 Å². The normalized spacial score (nSPS) is 11.6. The summed E-state index contributed by atoms with van der Waals surface area (Å²) in [7, 11) is 1.63. The predicted molar refractivity (Wildman–Crippen MR) is 125 cm³/mol. The summed E-state index contributed by atoms with van der Waals surface area (Å²) in [5.41, 5.74) is 5.72.